The molecule has 0 saturated carbocycles. The van der Waals surface area contributed by atoms with Crippen molar-refractivity contribution in [1.82, 2.24) is 4.90 Å². The first kappa shape index (κ1) is 9.45. The molecular formula is C8H16N2. The third-order valence-electron chi connectivity index (χ3n) is 2.10. The summed E-state index contributed by atoms with van der Waals surface area (Å²) in [5, 5.41) is 6.50. The van der Waals surface area contributed by atoms with E-state index < -0.39 is 0 Å². The van der Waals surface area contributed by atoms with E-state index in [4.69, 9.17) is 5.26 Å². The SMILES string of the molecule is C#N.CCN1CCCC1C. The van der Waals surface area contributed by atoms with Crippen LogP contribution in [0.2, 0.25) is 0 Å². The molecule has 1 unspecified atom stereocenters. The Morgan fingerprint density at radius 1 is 1.60 bits per heavy atom. The van der Waals surface area contributed by atoms with Crippen molar-refractivity contribution in [2.45, 2.75) is 32.7 Å². The minimum Gasteiger partial charge on any atom is -0.301 e. The van der Waals surface area contributed by atoms with Crippen molar-refractivity contribution in [2.24, 2.45) is 0 Å². The van der Waals surface area contributed by atoms with Crippen LogP contribution < -0.4 is 0 Å². The third-order valence-corrected chi connectivity index (χ3v) is 2.10. The summed E-state index contributed by atoms with van der Waals surface area (Å²) in [6, 6.07) is 0.861. The van der Waals surface area contributed by atoms with Crippen molar-refractivity contribution >= 4 is 0 Å². The predicted molar refractivity (Wildman–Crippen MR) is 42.6 cm³/mol. The fourth-order valence-electron chi connectivity index (χ4n) is 1.46. The molecule has 1 fully saturated rings. The molecule has 0 aliphatic carbocycles. The van der Waals surface area contributed by atoms with E-state index in [0.29, 0.717) is 0 Å². The molecule has 0 N–H and O–H groups in total. The Balaban J connectivity index is 0.000000371. The maximum Gasteiger partial charge on any atom is 0.0462 e. The molecule has 0 spiro atoms. The Hall–Kier alpha value is -0.550. The monoisotopic (exact) mass is 140 g/mol. The number of hydrogen-bond acceptors (Lipinski definition) is 2. The Morgan fingerprint density at radius 3 is 2.40 bits per heavy atom. The number of hydrogen-bond donors (Lipinski definition) is 0. The minimum atomic E-state index is 0.861. The lowest BCUT2D eigenvalue weighted by Gasteiger charge is -2.17. The Morgan fingerprint density at radius 2 is 2.20 bits per heavy atom. The second-order valence-electron chi connectivity index (χ2n) is 2.62. The van der Waals surface area contributed by atoms with Crippen LogP contribution in [-0.4, -0.2) is 24.0 Å². The second kappa shape index (κ2) is 5.25. The van der Waals surface area contributed by atoms with Crippen molar-refractivity contribution < 1.29 is 0 Å². The Labute approximate surface area is 63.4 Å². The lowest BCUT2D eigenvalue weighted by atomic mass is 10.2. The van der Waals surface area contributed by atoms with E-state index in [0.717, 1.165) is 6.04 Å². The molecule has 1 rings (SSSR count). The molecule has 1 heterocycles. The van der Waals surface area contributed by atoms with Crippen molar-refractivity contribution in [3.05, 3.63) is 0 Å². The molecule has 1 aliphatic rings. The second-order valence-corrected chi connectivity index (χ2v) is 2.62. The van der Waals surface area contributed by atoms with Crippen molar-refractivity contribution in [3.8, 4) is 6.57 Å². The van der Waals surface area contributed by atoms with Gasteiger partial charge in [0.05, 0.1) is 0 Å². The normalized spacial score (nSPS) is 25.4. The standard InChI is InChI=1S/C7H15N.CHN/c1-3-8-6-4-5-7(8)2;1-2/h7H,3-6H2,1-2H3;1H. The molecule has 0 aromatic heterocycles. The quantitative estimate of drug-likeness (QED) is 0.553. The first-order chi connectivity index (χ1) is 4.84. The largest absolute Gasteiger partial charge is 0.301 e. The van der Waals surface area contributed by atoms with Gasteiger partial charge in [-0.25, -0.2) is 5.26 Å². The van der Waals surface area contributed by atoms with Gasteiger partial charge in [-0.3, -0.25) is 0 Å². The predicted octanol–water partition coefficient (Wildman–Crippen LogP) is 1.63. The molecule has 2 nitrogen and oxygen atoms in total. The van der Waals surface area contributed by atoms with Crippen LogP contribution >= 0.6 is 0 Å². The molecule has 58 valence electrons. The van der Waals surface area contributed by atoms with Gasteiger partial charge in [0.25, 0.3) is 0 Å². The lowest BCUT2D eigenvalue weighted by molar-refractivity contribution is 0.284. The van der Waals surface area contributed by atoms with E-state index in [1.54, 1.807) is 0 Å². The van der Waals surface area contributed by atoms with E-state index in [9.17, 15) is 0 Å². The summed E-state index contributed by atoms with van der Waals surface area (Å²) in [4.78, 5) is 2.53. The summed E-state index contributed by atoms with van der Waals surface area (Å²) in [5.41, 5.74) is 0. The maximum absolute atomic E-state index is 6.50. The molecule has 10 heavy (non-hydrogen) atoms. The van der Waals surface area contributed by atoms with Crippen LogP contribution in [0.4, 0.5) is 0 Å². The zero-order valence-corrected chi connectivity index (χ0v) is 6.88. The summed E-state index contributed by atoms with van der Waals surface area (Å²) in [6.45, 7) is 10.6. The summed E-state index contributed by atoms with van der Waals surface area (Å²) in [7, 11) is 0. The first-order valence-corrected chi connectivity index (χ1v) is 3.84. The zero-order valence-electron chi connectivity index (χ0n) is 6.88. The molecule has 1 aliphatic heterocycles. The van der Waals surface area contributed by atoms with E-state index in [1.807, 2.05) is 0 Å². The lowest BCUT2D eigenvalue weighted by Crippen LogP contribution is -2.25. The Bertz CT molecular complexity index is 98.7. The molecule has 1 saturated heterocycles. The van der Waals surface area contributed by atoms with Gasteiger partial charge in [-0.05, 0) is 32.9 Å². The highest BCUT2D eigenvalue weighted by atomic mass is 15.2. The van der Waals surface area contributed by atoms with Crippen molar-refractivity contribution in [1.29, 1.82) is 5.26 Å². The summed E-state index contributed by atoms with van der Waals surface area (Å²) >= 11 is 0. The molecule has 1 atom stereocenters. The molecule has 2 heteroatoms. The number of nitrogens with zero attached hydrogens (tertiary/aromatic N) is 2. The molecule has 0 aromatic carbocycles. The summed E-state index contributed by atoms with van der Waals surface area (Å²) < 4.78 is 0. The van der Waals surface area contributed by atoms with Gasteiger partial charge in [0, 0.05) is 12.6 Å². The first-order valence-electron chi connectivity index (χ1n) is 3.84. The summed E-state index contributed by atoms with van der Waals surface area (Å²) in [6.07, 6.45) is 2.82. The van der Waals surface area contributed by atoms with E-state index in [2.05, 4.69) is 25.3 Å². The highest BCUT2D eigenvalue weighted by Crippen LogP contribution is 2.14. The number of rotatable bonds is 1. The van der Waals surface area contributed by atoms with Gasteiger partial charge < -0.3 is 4.90 Å². The van der Waals surface area contributed by atoms with Crippen LogP contribution in [0.15, 0.2) is 0 Å². The van der Waals surface area contributed by atoms with Crippen LogP contribution in [0.1, 0.15) is 26.7 Å². The highest BCUT2D eigenvalue weighted by Gasteiger charge is 2.16. The zero-order chi connectivity index (χ0) is 7.98. The van der Waals surface area contributed by atoms with Gasteiger partial charge in [-0.2, -0.15) is 0 Å². The summed E-state index contributed by atoms with van der Waals surface area (Å²) in [5.74, 6) is 0. The fraction of sp³-hybridized carbons (Fsp3) is 0.875. The van der Waals surface area contributed by atoms with Gasteiger partial charge in [0.1, 0.15) is 0 Å². The molecule has 0 amide bonds. The van der Waals surface area contributed by atoms with Crippen LogP contribution in [0, 0.1) is 11.8 Å². The van der Waals surface area contributed by atoms with Crippen molar-refractivity contribution in [2.75, 3.05) is 13.1 Å². The fourth-order valence-corrected chi connectivity index (χ4v) is 1.46. The topological polar surface area (TPSA) is 27.0 Å². The smallest absolute Gasteiger partial charge is 0.0462 e. The van der Waals surface area contributed by atoms with Gasteiger partial charge >= 0.3 is 0 Å². The molecular weight excluding hydrogens is 124 g/mol. The maximum atomic E-state index is 6.50. The average molecular weight is 140 g/mol. The number of likely N-dealkylation sites (tertiary alicyclic amines) is 1. The van der Waals surface area contributed by atoms with Crippen LogP contribution in [0.3, 0.4) is 0 Å². The van der Waals surface area contributed by atoms with E-state index in [-0.39, 0.29) is 0 Å². The molecule has 0 aromatic rings. The number of nitriles is 1. The highest BCUT2D eigenvalue weighted by molar-refractivity contribution is 4.72. The van der Waals surface area contributed by atoms with E-state index >= 15 is 0 Å². The van der Waals surface area contributed by atoms with Gasteiger partial charge in [0.15, 0.2) is 0 Å². The van der Waals surface area contributed by atoms with Gasteiger partial charge in [-0.1, -0.05) is 6.92 Å². The van der Waals surface area contributed by atoms with Crippen LogP contribution in [0.25, 0.3) is 0 Å². The Kier molecular flexibility index (Phi) is 4.96. The van der Waals surface area contributed by atoms with Gasteiger partial charge in [0.2, 0.25) is 0 Å². The van der Waals surface area contributed by atoms with Gasteiger partial charge in [-0.15, -0.1) is 0 Å². The molecule has 0 bridgehead atoms. The van der Waals surface area contributed by atoms with Crippen LogP contribution in [-0.2, 0) is 0 Å². The molecule has 0 radical (unpaired) electrons. The average Bonchev–Trinajstić information content (AvgIpc) is 2.39. The third kappa shape index (κ3) is 2.36. The van der Waals surface area contributed by atoms with Crippen LogP contribution in [0.5, 0.6) is 0 Å². The minimum absolute atomic E-state index is 0.861. The van der Waals surface area contributed by atoms with Crippen molar-refractivity contribution in [3.63, 3.8) is 0 Å². The van der Waals surface area contributed by atoms with E-state index in [1.165, 1.54) is 25.9 Å².